The van der Waals surface area contributed by atoms with Crippen molar-refractivity contribution >= 4 is 22.1 Å². The quantitative estimate of drug-likeness (QED) is 0.496. The Morgan fingerprint density at radius 1 is 1.06 bits per heavy atom. The van der Waals surface area contributed by atoms with Crippen LogP contribution in [0.1, 0.15) is 18.1 Å². The largest absolute Gasteiger partial charge is 0.494 e. The third kappa shape index (κ3) is 6.36. The van der Waals surface area contributed by atoms with Crippen molar-refractivity contribution in [2.75, 3.05) is 39.3 Å². The van der Waals surface area contributed by atoms with Gasteiger partial charge in [0, 0.05) is 26.2 Å². The molecule has 0 atom stereocenters. The summed E-state index contributed by atoms with van der Waals surface area (Å²) >= 11 is 0. The summed E-state index contributed by atoms with van der Waals surface area (Å²) < 4.78 is 32.4. The summed E-state index contributed by atoms with van der Waals surface area (Å²) in [5.41, 5.74) is 4.38. The normalized spacial score (nSPS) is 15.8. The van der Waals surface area contributed by atoms with Crippen LogP contribution in [-0.4, -0.2) is 69.1 Å². The Morgan fingerprint density at radius 3 is 2.32 bits per heavy atom. The van der Waals surface area contributed by atoms with E-state index in [0.29, 0.717) is 37.7 Å². The summed E-state index contributed by atoms with van der Waals surface area (Å²) in [6.45, 7) is 6.28. The van der Waals surface area contributed by atoms with Gasteiger partial charge in [0.05, 0.1) is 24.3 Å². The lowest BCUT2D eigenvalue weighted by Crippen LogP contribution is -2.50. The number of rotatable bonds is 8. The summed E-state index contributed by atoms with van der Waals surface area (Å²) in [5.74, 6) is 0.546. The average molecular weight is 445 g/mol. The average Bonchev–Trinajstić information content (AvgIpc) is 2.76. The van der Waals surface area contributed by atoms with Gasteiger partial charge in [-0.1, -0.05) is 17.7 Å². The lowest BCUT2D eigenvalue weighted by atomic mass is 10.2. The van der Waals surface area contributed by atoms with Crippen LogP contribution in [0.2, 0.25) is 0 Å². The summed E-state index contributed by atoms with van der Waals surface area (Å²) in [6.07, 6.45) is 1.57. The van der Waals surface area contributed by atoms with E-state index in [9.17, 15) is 13.2 Å². The minimum Gasteiger partial charge on any atom is -0.494 e. The molecular formula is C22H28N4O4S. The Bertz CT molecular complexity index is 997. The van der Waals surface area contributed by atoms with E-state index in [0.717, 1.165) is 16.9 Å². The van der Waals surface area contributed by atoms with Gasteiger partial charge in [-0.2, -0.15) is 9.41 Å². The molecule has 0 radical (unpaired) electrons. The molecule has 1 aliphatic heterocycles. The van der Waals surface area contributed by atoms with E-state index in [-0.39, 0.29) is 12.5 Å². The summed E-state index contributed by atoms with van der Waals surface area (Å²) in [4.78, 5) is 14.4. The number of piperazine rings is 1. The molecule has 0 saturated carbocycles. The molecule has 1 heterocycles. The number of carbonyl (C=O) groups excluding carboxylic acids is 1. The second-order valence-corrected chi connectivity index (χ2v) is 9.23. The van der Waals surface area contributed by atoms with Crippen LogP contribution in [0.4, 0.5) is 0 Å². The fourth-order valence-corrected chi connectivity index (χ4v) is 4.64. The van der Waals surface area contributed by atoms with Gasteiger partial charge in [-0.15, -0.1) is 0 Å². The number of amides is 1. The van der Waals surface area contributed by atoms with Crippen molar-refractivity contribution in [1.82, 2.24) is 14.6 Å². The Balaban J connectivity index is 1.45. The lowest BCUT2D eigenvalue weighted by molar-refractivity contribution is -0.122. The predicted molar refractivity (Wildman–Crippen MR) is 120 cm³/mol. The third-order valence-electron chi connectivity index (χ3n) is 4.95. The van der Waals surface area contributed by atoms with Crippen molar-refractivity contribution in [3.05, 3.63) is 59.7 Å². The van der Waals surface area contributed by atoms with Crippen molar-refractivity contribution in [1.29, 1.82) is 0 Å². The zero-order chi connectivity index (χ0) is 22.3. The molecular weight excluding hydrogens is 416 g/mol. The molecule has 3 rings (SSSR count). The van der Waals surface area contributed by atoms with Crippen molar-refractivity contribution in [3.8, 4) is 5.75 Å². The van der Waals surface area contributed by atoms with Crippen LogP contribution < -0.4 is 10.2 Å². The summed E-state index contributed by atoms with van der Waals surface area (Å²) in [5, 5.41) is 3.99. The number of hydrazone groups is 1. The van der Waals surface area contributed by atoms with Crippen LogP contribution in [-0.2, 0) is 14.8 Å². The second-order valence-electron chi connectivity index (χ2n) is 7.29. The number of nitrogens with one attached hydrogen (secondary N) is 1. The van der Waals surface area contributed by atoms with E-state index in [1.165, 1.54) is 4.31 Å². The zero-order valence-electron chi connectivity index (χ0n) is 17.8. The predicted octanol–water partition coefficient (Wildman–Crippen LogP) is 1.85. The van der Waals surface area contributed by atoms with Crippen LogP contribution in [0.25, 0.3) is 0 Å². The maximum Gasteiger partial charge on any atom is 0.254 e. The maximum absolute atomic E-state index is 12.8. The number of hydrogen-bond donors (Lipinski definition) is 1. The molecule has 31 heavy (non-hydrogen) atoms. The Hall–Kier alpha value is -2.75. The molecule has 0 spiro atoms. The number of ether oxygens (including phenoxy) is 1. The van der Waals surface area contributed by atoms with Crippen LogP contribution in [0, 0.1) is 6.92 Å². The molecule has 1 aliphatic rings. The van der Waals surface area contributed by atoms with Gasteiger partial charge in [-0.25, -0.2) is 13.8 Å². The number of benzene rings is 2. The first-order valence-electron chi connectivity index (χ1n) is 10.2. The maximum atomic E-state index is 12.8. The van der Waals surface area contributed by atoms with E-state index >= 15 is 0 Å². The molecule has 1 amide bonds. The highest BCUT2D eigenvalue weighted by atomic mass is 32.2. The van der Waals surface area contributed by atoms with E-state index in [1.807, 2.05) is 43.0 Å². The molecule has 0 bridgehead atoms. The van der Waals surface area contributed by atoms with Crippen LogP contribution in [0.15, 0.2) is 58.5 Å². The Labute approximate surface area is 183 Å². The van der Waals surface area contributed by atoms with Gasteiger partial charge in [0.15, 0.2) is 0 Å². The van der Waals surface area contributed by atoms with Crippen molar-refractivity contribution < 1.29 is 17.9 Å². The fraction of sp³-hybridized carbons (Fsp3) is 0.364. The third-order valence-corrected chi connectivity index (χ3v) is 6.86. The first-order valence-corrected chi connectivity index (χ1v) is 11.7. The minimum absolute atomic E-state index is 0.166. The Morgan fingerprint density at radius 2 is 1.71 bits per heavy atom. The van der Waals surface area contributed by atoms with Crippen molar-refractivity contribution in [3.63, 3.8) is 0 Å². The van der Waals surface area contributed by atoms with Crippen LogP contribution >= 0.6 is 0 Å². The van der Waals surface area contributed by atoms with Crippen molar-refractivity contribution in [2.45, 2.75) is 18.7 Å². The monoisotopic (exact) mass is 444 g/mol. The molecule has 0 aliphatic carbocycles. The summed E-state index contributed by atoms with van der Waals surface area (Å²) in [6, 6.07) is 14.2. The van der Waals surface area contributed by atoms with Crippen LogP contribution in [0.3, 0.4) is 0 Å². The smallest absolute Gasteiger partial charge is 0.254 e. The molecule has 0 aromatic heterocycles. The van der Waals surface area contributed by atoms with Gasteiger partial charge in [0.2, 0.25) is 10.0 Å². The molecule has 1 saturated heterocycles. The van der Waals surface area contributed by atoms with Gasteiger partial charge >= 0.3 is 0 Å². The molecule has 1 fully saturated rings. The van der Waals surface area contributed by atoms with E-state index in [2.05, 4.69) is 10.5 Å². The molecule has 0 unspecified atom stereocenters. The van der Waals surface area contributed by atoms with E-state index in [4.69, 9.17) is 4.74 Å². The molecule has 8 nitrogen and oxygen atoms in total. The minimum atomic E-state index is -3.51. The lowest BCUT2D eigenvalue weighted by Gasteiger charge is -2.33. The van der Waals surface area contributed by atoms with Gasteiger partial charge in [-0.3, -0.25) is 9.69 Å². The molecule has 2 aromatic rings. The number of sulfonamides is 1. The highest BCUT2D eigenvalue weighted by Crippen LogP contribution is 2.18. The molecule has 166 valence electrons. The van der Waals surface area contributed by atoms with Gasteiger partial charge in [0.25, 0.3) is 5.91 Å². The zero-order valence-corrected chi connectivity index (χ0v) is 18.6. The van der Waals surface area contributed by atoms with Gasteiger partial charge in [0.1, 0.15) is 5.75 Å². The highest BCUT2D eigenvalue weighted by molar-refractivity contribution is 7.89. The molecule has 1 N–H and O–H groups in total. The SMILES string of the molecule is CCOc1ccc(/C=N\NC(=O)CN2CCN(S(=O)(=O)c3ccc(C)cc3)CC2)cc1. The first kappa shape index (κ1) is 22.9. The van der Waals surface area contributed by atoms with Gasteiger partial charge < -0.3 is 4.74 Å². The topological polar surface area (TPSA) is 91.3 Å². The van der Waals surface area contributed by atoms with E-state index in [1.54, 1.807) is 30.5 Å². The van der Waals surface area contributed by atoms with E-state index < -0.39 is 10.0 Å². The number of hydrogen-bond acceptors (Lipinski definition) is 6. The number of carbonyl (C=O) groups is 1. The second kappa shape index (κ2) is 10.5. The first-order chi connectivity index (χ1) is 14.9. The Kier molecular flexibility index (Phi) is 7.78. The summed E-state index contributed by atoms with van der Waals surface area (Å²) in [7, 11) is -3.51. The standard InChI is InChI=1S/C22H28N4O4S/c1-3-30-20-8-6-19(7-9-20)16-23-24-22(27)17-25-12-14-26(15-13-25)31(28,29)21-10-4-18(2)5-11-21/h4-11,16H,3,12-15,17H2,1-2H3,(H,24,27)/b23-16-. The van der Waals surface area contributed by atoms with Crippen LogP contribution in [0.5, 0.6) is 5.75 Å². The fourth-order valence-electron chi connectivity index (χ4n) is 3.22. The molecule has 2 aromatic carbocycles. The molecule has 9 heteroatoms. The number of nitrogens with zero attached hydrogens (tertiary/aromatic N) is 3. The highest BCUT2D eigenvalue weighted by Gasteiger charge is 2.28. The van der Waals surface area contributed by atoms with Crippen molar-refractivity contribution in [2.24, 2.45) is 5.10 Å². The van der Waals surface area contributed by atoms with Gasteiger partial charge in [-0.05, 0) is 55.8 Å². The number of aryl methyl sites for hydroxylation is 1.